The summed E-state index contributed by atoms with van der Waals surface area (Å²) in [4.78, 5) is 5.27. The molecule has 1 heterocycles. The Labute approximate surface area is 91.9 Å². The molecule has 0 aliphatic carbocycles. The summed E-state index contributed by atoms with van der Waals surface area (Å²) in [5.74, 6) is 0. The van der Waals surface area contributed by atoms with Gasteiger partial charge in [-0.2, -0.15) is 5.26 Å². The molecule has 0 saturated heterocycles. The minimum absolute atomic E-state index is 0.649. The fourth-order valence-electron chi connectivity index (χ4n) is 1.45. The molecule has 0 aliphatic rings. The zero-order chi connectivity index (χ0) is 10.8. The third-order valence-electron chi connectivity index (χ3n) is 2.14. The van der Waals surface area contributed by atoms with Gasteiger partial charge in [-0.25, -0.2) is 0 Å². The van der Waals surface area contributed by atoms with E-state index in [9.17, 15) is 0 Å². The van der Waals surface area contributed by atoms with E-state index in [1.807, 2.05) is 25.1 Å². The maximum absolute atomic E-state index is 8.66. The first-order chi connectivity index (χ1) is 7.22. The van der Waals surface area contributed by atoms with Crippen LogP contribution in [0.15, 0.2) is 29.2 Å². The number of nitrogens with zero attached hydrogens (tertiary/aromatic N) is 2. The molecule has 1 aromatic heterocycles. The highest BCUT2D eigenvalue weighted by atomic mass is 32.2. The molecule has 74 valence electrons. The zero-order valence-electron chi connectivity index (χ0n) is 8.19. The average molecular weight is 215 g/mol. The lowest BCUT2D eigenvalue weighted by atomic mass is 10.2. The van der Waals surface area contributed by atoms with E-state index in [4.69, 9.17) is 11.0 Å². The van der Waals surface area contributed by atoms with E-state index in [1.165, 1.54) is 0 Å². The molecule has 0 fully saturated rings. The standard InChI is InChI=1S/C11H9N3S/c1-7-2-3-8-10(15-6-12)5-4-9(13)11(8)14-7/h2-5H,13H2,1H3. The minimum atomic E-state index is 0.649. The number of benzene rings is 1. The molecule has 2 aromatic rings. The molecule has 2 rings (SSSR count). The summed E-state index contributed by atoms with van der Waals surface area (Å²) in [5.41, 5.74) is 8.18. The lowest BCUT2D eigenvalue weighted by molar-refractivity contribution is 1.25. The van der Waals surface area contributed by atoms with Crippen LogP contribution < -0.4 is 5.73 Å². The van der Waals surface area contributed by atoms with Gasteiger partial charge in [0.25, 0.3) is 0 Å². The molecule has 1 aromatic carbocycles. The molecule has 0 unspecified atom stereocenters. The number of hydrogen-bond acceptors (Lipinski definition) is 4. The lowest BCUT2D eigenvalue weighted by Gasteiger charge is -2.05. The summed E-state index contributed by atoms with van der Waals surface area (Å²) in [6.45, 7) is 1.92. The topological polar surface area (TPSA) is 62.7 Å². The third kappa shape index (κ3) is 1.74. The Hall–Kier alpha value is -1.73. The van der Waals surface area contributed by atoms with Gasteiger partial charge in [0.15, 0.2) is 0 Å². The van der Waals surface area contributed by atoms with Crippen LogP contribution in [0.2, 0.25) is 0 Å². The van der Waals surface area contributed by atoms with Gasteiger partial charge in [-0.3, -0.25) is 4.98 Å². The summed E-state index contributed by atoms with van der Waals surface area (Å²) in [6.07, 6.45) is 0. The summed E-state index contributed by atoms with van der Waals surface area (Å²) in [5, 5.41) is 11.7. The molecular formula is C11H9N3S. The fourth-order valence-corrected chi connectivity index (χ4v) is 1.96. The summed E-state index contributed by atoms with van der Waals surface area (Å²) in [6, 6.07) is 7.51. The number of thioether (sulfide) groups is 1. The average Bonchev–Trinajstić information content (AvgIpc) is 2.23. The highest BCUT2D eigenvalue weighted by Gasteiger charge is 2.05. The summed E-state index contributed by atoms with van der Waals surface area (Å²) >= 11 is 1.13. The Morgan fingerprint density at radius 3 is 2.87 bits per heavy atom. The van der Waals surface area contributed by atoms with Crippen molar-refractivity contribution >= 4 is 28.4 Å². The number of nitrogen functional groups attached to an aromatic ring is 1. The molecule has 0 atom stereocenters. The predicted molar refractivity (Wildman–Crippen MR) is 62.4 cm³/mol. The third-order valence-corrected chi connectivity index (χ3v) is 2.81. The van der Waals surface area contributed by atoms with Gasteiger partial charge in [0, 0.05) is 16.0 Å². The number of fused-ring (bicyclic) bond motifs is 1. The van der Waals surface area contributed by atoms with Gasteiger partial charge in [-0.05, 0) is 43.0 Å². The van der Waals surface area contributed by atoms with Crippen molar-refractivity contribution in [2.45, 2.75) is 11.8 Å². The zero-order valence-corrected chi connectivity index (χ0v) is 9.01. The number of aromatic nitrogens is 1. The van der Waals surface area contributed by atoms with E-state index in [1.54, 1.807) is 6.07 Å². The first-order valence-electron chi connectivity index (χ1n) is 4.44. The van der Waals surface area contributed by atoms with Gasteiger partial charge >= 0.3 is 0 Å². The van der Waals surface area contributed by atoms with Crippen LogP contribution in [0.5, 0.6) is 0 Å². The van der Waals surface area contributed by atoms with Crippen molar-refractivity contribution in [1.29, 1.82) is 5.26 Å². The van der Waals surface area contributed by atoms with Gasteiger partial charge < -0.3 is 5.73 Å². The van der Waals surface area contributed by atoms with E-state index in [0.717, 1.165) is 33.3 Å². The molecule has 0 radical (unpaired) electrons. The molecule has 0 bridgehead atoms. The van der Waals surface area contributed by atoms with E-state index < -0.39 is 0 Å². The van der Waals surface area contributed by atoms with Crippen LogP contribution in [0.3, 0.4) is 0 Å². The van der Waals surface area contributed by atoms with Crippen molar-refractivity contribution < 1.29 is 0 Å². The lowest BCUT2D eigenvalue weighted by Crippen LogP contribution is -1.92. The van der Waals surface area contributed by atoms with E-state index in [-0.39, 0.29) is 0 Å². The van der Waals surface area contributed by atoms with Crippen molar-refractivity contribution in [3.63, 3.8) is 0 Å². The molecule has 3 nitrogen and oxygen atoms in total. The first-order valence-corrected chi connectivity index (χ1v) is 5.26. The van der Waals surface area contributed by atoms with Gasteiger partial charge in [0.2, 0.25) is 0 Å². The van der Waals surface area contributed by atoms with Crippen LogP contribution in [-0.2, 0) is 0 Å². The number of rotatable bonds is 1. The van der Waals surface area contributed by atoms with Gasteiger partial charge in [-0.1, -0.05) is 0 Å². The molecule has 0 saturated carbocycles. The van der Waals surface area contributed by atoms with Gasteiger partial charge in [-0.15, -0.1) is 0 Å². The van der Waals surface area contributed by atoms with Crippen LogP contribution in [-0.4, -0.2) is 4.98 Å². The SMILES string of the molecule is Cc1ccc2c(SC#N)ccc(N)c2n1. The number of thiocyanates is 1. The van der Waals surface area contributed by atoms with Gasteiger partial charge in [0.1, 0.15) is 5.40 Å². The van der Waals surface area contributed by atoms with Gasteiger partial charge in [0.05, 0.1) is 11.2 Å². The number of pyridine rings is 1. The quantitative estimate of drug-likeness (QED) is 0.451. The predicted octanol–water partition coefficient (Wildman–Crippen LogP) is 2.70. The Balaban J connectivity index is 2.77. The molecule has 15 heavy (non-hydrogen) atoms. The molecular weight excluding hydrogens is 206 g/mol. The highest BCUT2D eigenvalue weighted by Crippen LogP contribution is 2.29. The van der Waals surface area contributed by atoms with E-state index in [2.05, 4.69) is 10.4 Å². The number of nitrogens with two attached hydrogens (primary N) is 1. The Kier molecular flexibility index (Phi) is 2.48. The van der Waals surface area contributed by atoms with Crippen molar-refractivity contribution in [1.82, 2.24) is 4.98 Å². The van der Waals surface area contributed by atoms with Crippen LogP contribution in [0, 0.1) is 17.6 Å². The molecule has 4 heteroatoms. The number of anilines is 1. The smallest absolute Gasteiger partial charge is 0.138 e. The van der Waals surface area contributed by atoms with Crippen molar-refractivity contribution in [2.24, 2.45) is 0 Å². The fraction of sp³-hybridized carbons (Fsp3) is 0.0909. The summed E-state index contributed by atoms with van der Waals surface area (Å²) in [7, 11) is 0. The van der Waals surface area contributed by atoms with E-state index in [0.29, 0.717) is 5.69 Å². The second-order valence-corrected chi connectivity index (χ2v) is 4.02. The van der Waals surface area contributed by atoms with Crippen molar-refractivity contribution in [3.05, 3.63) is 30.0 Å². The maximum atomic E-state index is 8.66. The Morgan fingerprint density at radius 1 is 1.33 bits per heavy atom. The second kappa shape index (κ2) is 3.79. The van der Waals surface area contributed by atoms with Crippen LogP contribution in [0.1, 0.15) is 5.69 Å². The van der Waals surface area contributed by atoms with Crippen LogP contribution in [0.4, 0.5) is 5.69 Å². The van der Waals surface area contributed by atoms with Crippen molar-refractivity contribution in [3.8, 4) is 5.40 Å². The van der Waals surface area contributed by atoms with Crippen LogP contribution >= 0.6 is 11.8 Å². The molecule has 0 spiro atoms. The Morgan fingerprint density at radius 2 is 2.13 bits per heavy atom. The minimum Gasteiger partial charge on any atom is -0.397 e. The summed E-state index contributed by atoms with van der Waals surface area (Å²) < 4.78 is 0. The number of aryl methyl sites for hydroxylation is 1. The van der Waals surface area contributed by atoms with E-state index >= 15 is 0 Å². The highest BCUT2D eigenvalue weighted by molar-refractivity contribution is 8.04. The largest absolute Gasteiger partial charge is 0.397 e. The molecule has 0 amide bonds. The molecule has 0 aliphatic heterocycles. The first kappa shape index (κ1) is 9.81. The molecule has 2 N–H and O–H groups in total. The maximum Gasteiger partial charge on any atom is 0.138 e. The number of nitriles is 1. The van der Waals surface area contributed by atoms with Crippen molar-refractivity contribution in [2.75, 3.05) is 5.73 Å². The Bertz CT molecular complexity index is 557. The van der Waals surface area contributed by atoms with Crippen LogP contribution in [0.25, 0.3) is 10.9 Å². The number of hydrogen-bond donors (Lipinski definition) is 1. The normalized spacial score (nSPS) is 10.1. The second-order valence-electron chi connectivity index (χ2n) is 3.20. The monoisotopic (exact) mass is 215 g/mol.